The molecule has 2 heterocycles. The first-order valence-corrected chi connectivity index (χ1v) is 14.7. The van der Waals surface area contributed by atoms with Crippen molar-refractivity contribution >= 4 is 44.1 Å². The molecule has 0 N–H and O–H groups in total. The molecule has 0 bridgehead atoms. The maximum Gasteiger partial charge on any atom is 0.222 e. The van der Waals surface area contributed by atoms with Gasteiger partial charge in [0.15, 0.2) is 6.20 Å². The number of benzene rings is 5. The number of hydrogen-bond donors (Lipinski definition) is 0. The van der Waals surface area contributed by atoms with Crippen molar-refractivity contribution < 1.29 is 4.57 Å². The van der Waals surface area contributed by atoms with E-state index in [1.54, 1.807) is 0 Å². The van der Waals surface area contributed by atoms with Crippen molar-refractivity contribution in [2.75, 3.05) is 0 Å². The van der Waals surface area contributed by atoms with E-state index in [0.717, 1.165) is 6.42 Å². The number of nitrogens with zero attached hydrogens (tertiary/aromatic N) is 1. The highest BCUT2D eigenvalue weighted by atomic mass is 32.2. The average molecular weight is 525 g/mol. The van der Waals surface area contributed by atoms with Gasteiger partial charge in [-0.2, -0.15) is 0 Å². The Morgan fingerprint density at radius 3 is 2.31 bits per heavy atom. The van der Waals surface area contributed by atoms with Crippen LogP contribution < -0.4 is 4.57 Å². The van der Waals surface area contributed by atoms with Crippen LogP contribution in [0.3, 0.4) is 0 Å². The largest absolute Gasteiger partial charge is 0.222 e. The van der Waals surface area contributed by atoms with Gasteiger partial charge in [0.05, 0.1) is 10.9 Å². The predicted molar refractivity (Wildman–Crippen MR) is 168 cm³/mol. The van der Waals surface area contributed by atoms with Crippen LogP contribution in [0.4, 0.5) is 0 Å². The Labute approximate surface area is 235 Å². The van der Waals surface area contributed by atoms with Crippen molar-refractivity contribution in [3.63, 3.8) is 0 Å². The van der Waals surface area contributed by atoms with Crippen molar-refractivity contribution in [2.45, 2.75) is 50.8 Å². The molecule has 5 aromatic carbocycles. The van der Waals surface area contributed by atoms with Crippen molar-refractivity contribution in [1.82, 2.24) is 0 Å². The summed E-state index contributed by atoms with van der Waals surface area (Å²) in [6.07, 6.45) is 3.31. The number of hydrogen-bond acceptors (Lipinski definition) is 1. The molecule has 7 rings (SSSR count). The molecular weight excluding hydrogens is 490 g/mol. The van der Waals surface area contributed by atoms with Crippen LogP contribution in [0.25, 0.3) is 54.7 Å². The molecule has 0 spiro atoms. The minimum absolute atomic E-state index is 0.188. The highest BCUT2D eigenvalue weighted by molar-refractivity contribution is 8.00. The molecule has 0 aliphatic carbocycles. The van der Waals surface area contributed by atoms with Gasteiger partial charge in [-0.05, 0) is 81.6 Å². The number of pyridine rings is 1. The molecule has 6 aromatic rings. The lowest BCUT2D eigenvalue weighted by atomic mass is 9.82. The smallest absolute Gasteiger partial charge is 0.200 e. The van der Waals surface area contributed by atoms with Gasteiger partial charge in [0.2, 0.25) is 5.69 Å². The molecule has 192 valence electrons. The summed E-state index contributed by atoms with van der Waals surface area (Å²) in [7, 11) is 2.21. The standard InChI is InChI=1S/C37H34NS/c1-22-12-15-27-29(18-22)23(2)33-35-34-28(16-17-38(35)6)30-19-25(24-10-8-7-9-11-24)13-14-26(30)20-32(34)39-36(33)31(27)21-37(3,4)5/h7-20H,21H2,1-6H3/q+1. The number of aromatic nitrogens is 1. The lowest BCUT2D eigenvalue weighted by Gasteiger charge is -2.28. The minimum atomic E-state index is 0.188. The minimum Gasteiger partial charge on any atom is -0.200 e. The molecule has 0 unspecified atom stereocenters. The summed E-state index contributed by atoms with van der Waals surface area (Å²) >= 11 is 1.99. The Bertz CT molecular complexity index is 1960. The molecule has 39 heavy (non-hydrogen) atoms. The maximum absolute atomic E-state index is 2.43. The summed E-state index contributed by atoms with van der Waals surface area (Å²) in [4.78, 5) is 2.80. The SMILES string of the molecule is Cc1ccc2c(CC(C)(C)C)c3c(c(C)c2c1)-c1c2c(cc4ccc(-c5ccccc5)cc4c2cc[n+]1C)S3. The Hall–Kier alpha value is -3.62. The second kappa shape index (κ2) is 8.69. The van der Waals surface area contributed by atoms with E-state index in [1.807, 2.05) is 11.8 Å². The first-order valence-electron chi connectivity index (χ1n) is 13.9. The van der Waals surface area contributed by atoms with E-state index in [4.69, 9.17) is 0 Å². The van der Waals surface area contributed by atoms with E-state index in [-0.39, 0.29) is 5.41 Å². The quantitative estimate of drug-likeness (QED) is 0.161. The van der Waals surface area contributed by atoms with Crippen LogP contribution in [0, 0.1) is 19.3 Å². The van der Waals surface area contributed by atoms with E-state index in [0.29, 0.717) is 0 Å². The fourth-order valence-corrected chi connectivity index (χ4v) is 7.84. The Balaban J connectivity index is 1.60. The third-order valence-corrected chi connectivity index (χ3v) is 9.44. The van der Waals surface area contributed by atoms with Crippen LogP contribution in [-0.4, -0.2) is 0 Å². The molecule has 0 amide bonds. The van der Waals surface area contributed by atoms with Crippen LogP contribution in [0.1, 0.15) is 37.5 Å². The zero-order valence-corrected chi connectivity index (χ0v) is 24.5. The van der Waals surface area contributed by atoms with E-state index < -0.39 is 0 Å². The average Bonchev–Trinajstić information content (AvgIpc) is 2.91. The molecule has 0 fully saturated rings. The molecule has 1 aliphatic heterocycles. The zero-order valence-electron chi connectivity index (χ0n) is 23.6. The van der Waals surface area contributed by atoms with Gasteiger partial charge in [-0.15, -0.1) is 0 Å². The lowest BCUT2D eigenvalue weighted by molar-refractivity contribution is -0.659. The number of aryl methyl sites for hydroxylation is 3. The van der Waals surface area contributed by atoms with Crippen molar-refractivity contribution in [3.8, 4) is 22.4 Å². The van der Waals surface area contributed by atoms with Crippen molar-refractivity contribution in [1.29, 1.82) is 0 Å². The van der Waals surface area contributed by atoms with Crippen LogP contribution in [0.5, 0.6) is 0 Å². The van der Waals surface area contributed by atoms with E-state index in [1.165, 1.54) is 81.2 Å². The molecular formula is C37H34NS+. The monoisotopic (exact) mass is 524 g/mol. The third-order valence-electron chi connectivity index (χ3n) is 8.24. The summed E-state index contributed by atoms with van der Waals surface area (Å²) in [5, 5.41) is 8.15. The molecule has 0 saturated heterocycles. The highest BCUT2D eigenvalue weighted by Gasteiger charge is 2.33. The molecule has 1 nitrogen and oxygen atoms in total. The molecule has 1 aromatic heterocycles. The molecule has 2 heteroatoms. The van der Waals surface area contributed by atoms with Crippen LogP contribution >= 0.6 is 11.8 Å². The molecule has 0 saturated carbocycles. The van der Waals surface area contributed by atoms with Gasteiger partial charge in [0, 0.05) is 21.2 Å². The number of fused-ring (bicyclic) bond motifs is 5. The Morgan fingerprint density at radius 2 is 1.54 bits per heavy atom. The fourth-order valence-electron chi connectivity index (χ4n) is 6.47. The first-order chi connectivity index (χ1) is 18.7. The van der Waals surface area contributed by atoms with E-state index >= 15 is 0 Å². The summed E-state index contributed by atoms with van der Waals surface area (Å²) in [5.41, 5.74) is 9.67. The maximum atomic E-state index is 2.43. The van der Waals surface area contributed by atoms with Gasteiger partial charge in [0.25, 0.3) is 0 Å². The topological polar surface area (TPSA) is 3.88 Å². The lowest BCUT2D eigenvalue weighted by Crippen LogP contribution is -2.32. The van der Waals surface area contributed by atoms with Crippen LogP contribution in [-0.2, 0) is 13.5 Å². The number of rotatable bonds is 2. The summed E-state index contributed by atoms with van der Waals surface area (Å²) in [6, 6.07) is 29.5. The van der Waals surface area contributed by atoms with Gasteiger partial charge in [0.1, 0.15) is 7.05 Å². The highest BCUT2D eigenvalue weighted by Crippen LogP contribution is 2.53. The zero-order chi connectivity index (χ0) is 27.1. The Kier molecular flexibility index (Phi) is 5.44. The second-order valence-electron chi connectivity index (χ2n) is 12.4. The Morgan fingerprint density at radius 1 is 0.744 bits per heavy atom. The van der Waals surface area contributed by atoms with Crippen LogP contribution in [0.15, 0.2) is 94.9 Å². The van der Waals surface area contributed by atoms with Crippen molar-refractivity contribution in [2.24, 2.45) is 12.5 Å². The van der Waals surface area contributed by atoms with Gasteiger partial charge in [-0.1, -0.05) is 98.8 Å². The van der Waals surface area contributed by atoms with Crippen molar-refractivity contribution in [3.05, 3.63) is 102 Å². The predicted octanol–water partition coefficient (Wildman–Crippen LogP) is 9.97. The summed E-state index contributed by atoms with van der Waals surface area (Å²) in [6.45, 7) is 11.6. The summed E-state index contributed by atoms with van der Waals surface area (Å²) < 4.78 is 2.35. The van der Waals surface area contributed by atoms with Gasteiger partial charge in [-0.25, -0.2) is 4.57 Å². The molecule has 0 atom stereocenters. The normalized spacial score (nSPS) is 12.9. The van der Waals surface area contributed by atoms with Gasteiger partial charge in [-0.3, -0.25) is 0 Å². The third kappa shape index (κ3) is 3.88. The van der Waals surface area contributed by atoms with Gasteiger partial charge >= 0.3 is 0 Å². The van der Waals surface area contributed by atoms with Gasteiger partial charge < -0.3 is 0 Å². The first kappa shape index (κ1) is 24.4. The molecule has 0 radical (unpaired) electrons. The summed E-state index contributed by atoms with van der Waals surface area (Å²) in [5.74, 6) is 0. The second-order valence-corrected chi connectivity index (χ2v) is 13.5. The van der Waals surface area contributed by atoms with Crippen LogP contribution in [0.2, 0.25) is 0 Å². The van der Waals surface area contributed by atoms with E-state index in [2.05, 4.69) is 131 Å². The molecule has 1 aliphatic rings. The fraction of sp³-hybridized carbons (Fsp3) is 0.216. The van der Waals surface area contributed by atoms with E-state index in [9.17, 15) is 0 Å².